The molecular weight excluding hydrogens is 318 g/mol. The first kappa shape index (κ1) is 18.4. The normalized spacial score (nSPS) is 12.1. The zero-order valence-corrected chi connectivity index (χ0v) is 15.8. The number of benzene rings is 1. The molecule has 2 rings (SSSR count). The SMILES string of the molecule is CN(C)Cc1csc(NC(=O)/C=C/c2ccc(C(C)(C)C)cc2)n1. The lowest BCUT2D eigenvalue weighted by molar-refractivity contribution is -0.111. The fraction of sp³-hybridized carbons (Fsp3) is 0.368. The molecule has 0 aliphatic carbocycles. The Hall–Kier alpha value is -1.98. The van der Waals surface area contributed by atoms with Crippen molar-refractivity contribution in [3.05, 3.63) is 52.5 Å². The van der Waals surface area contributed by atoms with Crippen molar-refractivity contribution in [2.75, 3.05) is 19.4 Å². The number of carbonyl (C=O) groups is 1. The van der Waals surface area contributed by atoms with Gasteiger partial charge >= 0.3 is 0 Å². The molecule has 0 atom stereocenters. The van der Waals surface area contributed by atoms with E-state index in [-0.39, 0.29) is 11.3 Å². The second-order valence-electron chi connectivity index (χ2n) is 7.08. The lowest BCUT2D eigenvalue weighted by atomic mass is 9.87. The first-order valence-corrected chi connectivity index (χ1v) is 8.81. The highest BCUT2D eigenvalue weighted by atomic mass is 32.1. The molecule has 0 saturated heterocycles. The summed E-state index contributed by atoms with van der Waals surface area (Å²) in [5.41, 5.74) is 3.38. The molecule has 1 aromatic carbocycles. The third-order valence-corrected chi connectivity index (χ3v) is 4.27. The summed E-state index contributed by atoms with van der Waals surface area (Å²) in [6.45, 7) is 7.32. The number of rotatable bonds is 5. The minimum absolute atomic E-state index is 0.134. The molecular formula is C19H25N3OS. The van der Waals surface area contributed by atoms with E-state index in [4.69, 9.17) is 0 Å². The number of hydrogen-bond acceptors (Lipinski definition) is 4. The summed E-state index contributed by atoms with van der Waals surface area (Å²) in [6.07, 6.45) is 3.36. The van der Waals surface area contributed by atoms with Gasteiger partial charge in [0.05, 0.1) is 5.69 Å². The zero-order valence-electron chi connectivity index (χ0n) is 15.0. The van der Waals surface area contributed by atoms with Crippen LogP contribution in [0, 0.1) is 0 Å². The molecule has 0 radical (unpaired) electrons. The van der Waals surface area contributed by atoms with Gasteiger partial charge < -0.3 is 4.90 Å². The minimum Gasteiger partial charge on any atom is -0.304 e. The minimum atomic E-state index is -0.166. The molecule has 1 heterocycles. The van der Waals surface area contributed by atoms with Gasteiger partial charge in [-0.1, -0.05) is 45.0 Å². The number of aromatic nitrogens is 1. The van der Waals surface area contributed by atoms with Crippen LogP contribution in [0.15, 0.2) is 35.7 Å². The van der Waals surface area contributed by atoms with Crippen molar-refractivity contribution >= 4 is 28.5 Å². The summed E-state index contributed by atoms with van der Waals surface area (Å²) in [5.74, 6) is -0.166. The average molecular weight is 343 g/mol. The summed E-state index contributed by atoms with van der Waals surface area (Å²) in [7, 11) is 3.98. The highest BCUT2D eigenvalue weighted by molar-refractivity contribution is 7.13. The highest BCUT2D eigenvalue weighted by Crippen LogP contribution is 2.22. The first-order valence-electron chi connectivity index (χ1n) is 7.93. The number of carbonyl (C=O) groups excluding carboxylic acids is 1. The summed E-state index contributed by atoms with van der Waals surface area (Å²) in [6, 6.07) is 8.27. The molecule has 0 spiro atoms. The highest BCUT2D eigenvalue weighted by Gasteiger charge is 2.12. The topological polar surface area (TPSA) is 45.2 Å². The van der Waals surface area contributed by atoms with E-state index in [1.807, 2.05) is 42.6 Å². The van der Waals surface area contributed by atoms with Crippen molar-refractivity contribution in [1.82, 2.24) is 9.88 Å². The molecule has 2 aromatic rings. The molecule has 1 N–H and O–H groups in total. The number of amides is 1. The largest absolute Gasteiger partial charge is 0.304 e. The quantitative estimate of drug-likeness (QED) is 0.829. The number of nitrogens with zero attached hydrogens (tertiary/aromatic N) is 2. The van der Waals surface area contributed by atoms with Crippen molar-refractivity contribution < 1.29 is 4.79 Å². The van der Waals surface area contributed by atoms with E-state index in [2.05, 4.69) is 43.2 Å². The van der Waals surface area contributed by atoms with Crippen LogP contribution < -0.4 is 5.32 Å². The smallest absolute Gasteiger partial charge is 0.250 e. The second-order valence-corrected chi connectivity index (χ2v) is 7.93. The molecule has 0 fully saturated rings. The Bertz CT molecular complexity index is 709. The van der Waals surface area contributed by atoms with Crippen LogP contribution >= 0.6 is 11.3 Å². The van der Waals surface area contributed by atoms with Crippen LogP contribution in [0.3, 0.4) is 0 Å². The van der Waals surface area contributed by atoms with Crippen LogP contribution in [0.1, 0.15) is 37.6 Å². The molecule has 0 saturated carbocycles. The van der Waals surface area contributed by atoms with Gasteiger partial charge in [0.15, 0.2) is 5.13 Å². The predicted octanol–water partition coefficient (Wildman–Crippen LogP) is 4.15. The Labute approximate surface area is 148 Å². The Kier molecular flexibility index (Phi) is 5.91. The molecule has 0 aliphatic heterocycles. The molecule has 0 bridgehead atoms. The molecule has 24 heavy (non-hydrogen) atoms. The van der Waals surface area contributed by atoms with Gasteiger partial charge in [0, 0.05) is 18.0 Å². The molecule has 4 nitrogen and oxygen atoms in total. The molecule has 1 aromatic heterocycles. The van der Waals surface area contributed by atoms with Crippen LogP contribution in [0.5, 0.6) is 0 Å². The first-order chi connectivity index (χ1) is 11.2. The van der Waals surface area contributed by atoms with Crippen LogP contribution in [0.2, 0.25) is 0 Å². The second kappa shape index (κ2) is 7.73. The van der Waals surface area contributed by atoms with Gasteiger partial charge in [-0.25, -0.2) is 4.98 Å². The third-order valence-electron chi connectivity index (χ3n) is 3.46. The van der Waals surface area contributed by atoms with Gasteiger partial charge in [-0.15, -0.1) is 11.3 Å². The van der Waals surface area contributed by atoms with Gasteiger partial charge in [-0.2, -0.15) is 0 Å². The molecule has 1 amide bonds. The van der Waals surface area contributed by atoms with Gasteiger partial charge in [0.25, 0.3) is 0 Å². The average Bonchev–Trinajstić information content (AvgIpc) is 2.91. The van der Waals surface area contributed by atoms with Crippen LogP contribution in [0.25, 0.3) is 6.08 Å². The number of anilines is 1. The van der Waals surface area contributed by atoms with Crippen LogP contribution in [0.4, 0.5) is 5.13 Å². The van der Waals surface area contributed by atoms with E-state index < -0.39 is 0 Å². The van der Waals surface area contributed by atoms with Gasteiger partial charge in [-0.05, 0) is 36.7 Å². The van der Waals surface area contributed by atoms with E-state index in [9.17, 15) is 4.79 Å². The Morgan fingerprint density at radius 1 is 1.25 bits per heavy atom. The maximum atomic E-state index is 12.0. The monoisotopic (exact) mass is 343 g/mol. The summed E-state index contributed by atoms with van der Waals surface area (Å²) >= 11 is 1.44. The van der Waals surface area contributed by atoms with E-state index in [0.717, 1.165) is 17.8 Å². The van der Waals surface area contributed by atoms with E-state index >= 15 is 0 Å². The standard InChI is InChI=1S/C19H25N3OS/c1-19(2,3)15-9-6-14(7-10-15)8-11-17(23)21-18-20-16(13-24-18)12-22(4)5/h6-11,13H,12H2,1-5H3,(H,20,21,23)/b11-8+. The van der Waals surface area contributed by atoms with Crippen molar-refractivity contribution in [2.45, 2.75) is 32.7 Å². The molecule has 128 valence electrons. The Balaban J connectivity index is 1.94. The summed E-state index contributed by atoms with van der Waals surface area (Å²) in [4.78, 5) is 18.4. The van der Waals surface area contributed by atoms with E-state index in [1.54, 1.807) is 6.08 Å². The van der Waals surface area contributed by atoms with Crippen LogP contribution in [-0.2, 0) is 16.8 Å². The van der Waals surface area contributed by atoms with Crippen molar-refractivity contribution in [2.24, 2.45) is 0 Å². The fourth-order valence-electron chi connectivity index (χ4n) is 2.17. The van der Waals surface area contributed by atoms with Crippen molar-refractivity contribution in [1.29, 1.82) is 0 Å². The van der Waals surface area contributed by atoms with E-state index in [1.165, 1.54) is 16.9 Å². The van der Waals surface area contributed by atoms with Crippen LogP contribution in [-0.4, -0.2) is 29.9 Å². The Morgan fingerprint density at radius 2 is 1.92 bits per heavy atom. The lowest BCUT2D eigenvalue weighted by Crippen LogP contribution is -2.11. The fourth-order valence-corrected chi connectivity index (χ4v) is 2.88. The number of hydrogen-bond donors (Lipinski definition) is 1. The molecule has 0 aliphatic rings. The van der Waals surface area contributed by atoms with Crippen molar-refractivity contribution in [3.63, 3.8) is 0 Å². The lowest BCUT2D eigenvalue weighted by Gasteiger charge is -2.18. The predicted molar refractivity (Wildman–Crippen MR) is 102 cm³/mol. The van der Waals surface area contributed by atoms with E-state index in [0.29, 0.717) is 5.13 Å². The zero-order chi connectivity index (χ0) is 17.7. The molecule has 0 unspecified atom stereocenters. The van der Waals surface area contributed by atoms with Gasteiger partial charge in [0.2, 0.25) is 5.91 Å². The Morgan fingerprint density at radius 3 is 2.50 bits per heavy atom. The van der Waals surface area contributed by atoms with Crippen molar-refractivity contribution in [3.8, 4) is 0 Å². The molecule has 5 heteroatoms. The van der Waals surface area contributed by atoms with Gasteiger partial charge in [-0.3, -0.25) is 10.1 Å². The maximum Gasteiger partial charge on any atom is 0.250 e. The number of thiazole rings is 1. The maximum absolute atomic E-state index is 12.0. The number of nitrogens with one attached hydrogen (secondary N) is 1. The summed E-state index contributed by atoms with van der Waals surface area (Å²) in [5, 5.41) is 5.40. The third kappa shape index (κ3) is 5.58. The summed E-state index contributed by atoms with van der Waals surface area (Å²) < 4.78 is 0. The van der Waals surface area contributed by atoms with Gasteiger partial charge in [0.1, 0.15) is 0 Å².